The van der Waals surface area contributed by atoms with E-state index in [-0.39, 0.29) is 28.4 Å². The summed E-state index contributed by atoms with van der Waals surface area (Å²) in [5, 5.41) is 43.4. The van der Waals surface area contributed by atoms with Crippen LogP contribution in [0.15, 0.2) is 133 Å². The van der Waals surface area contributed by atoms with Gasteiger partial charge in [-0.3, -0.25) is 0 Å². The van der Waals surface area contributed by atoms with Crippen molar-refractivity contribution in [2.45, 2.75) is 50.4 Å². The second kappa shape index (κ2) is 13.3. The van der Waals surface area contributed by atoms with E-state index in [1.807, 2.05) is 84.9 Å². The van der Waals surface area contributed by atoms with Crippen LogP contribution < -0.4 is 0 Å². The molecule has 0 atom stereocenters. The summed E-state index contributed by atoms with van der Waals surface area (Å²) < 4.78 is 0. The molecule has 7 rings (SSSR count). The normalized spacial score (nSPS) is 14.1. The maximum absolute atomic E-state index is 11.8. The van der Waals surface area contributed by atoms with Gasteiger partial charge in [-0.25, -0.2) is 0 Å². The quantitative estimate of drug-likeness (QED) is 0.135. The first-order valence-electron chi connectivity index (χ1n) is 16.8. The first kappa shape index (κ1) is 31.1. The maximum Gasteiger partial charge on any atom is 0.126 e. The summed E-state index contributed by atoms with van der Waals surface area (Å²) >= 11 is 0. The third-order valence-electron chi connectivity index (χ3n) is 10.0. The first-order valence-corrected chi connectivity index (χ1v) is 16.8. The van der Waals surface area contributed by atoms with Crippen molar-refractivity contribution in [3.8, 4) is 45.3 Å². The molecule has 0 amide bonds. The number of hydrogen-bond acceptors (Lipinski definition) is 4. The standard InChI is InChI=1S/C44H40O4/c45-38-18-14-30(15-19-38)24-34-26-36(28-40(42(34)47)32-10-4-1-5-11-32)44(22-8-3-9-23-44)37-27-35(25-31-16-20-39(46)21-17-31)43(48)41(29-37)33-12-6-2-7-13-33/h1-2,4-7,10-21,26-29,45-48H,3,8-9,22-25H2. The summed E-state index contributed by atoms with van der Waals surface area (Å²) in [6, 6.07) is 43.3. The summed E-state index contributed by atoms with van der Waals surface area (Å²) in [5.41, 5.74) is 9.18. The SMILES string of the molecule is Oc1ccc(Cc2cc(C3(c4cc(Cc5ccc(O)cc5)c(O)c(-c5ccccc5)c4)CCCCC3)cc(-c3ccccc3)c2O)cc1. The minimum atomic E-state index is -0.347. The van der Waals surface area contributed by atoms with Gasteiger partial charge in [0.05, 0.1) is 0 Å². The zero-order valence-electron chi connectivity index (χ0n) is 26.9. The third-order valence-corrected chi connectivity index (χ3v) is 10.0. The van der Waals surface area contributed by atoms with Crippen molar-refractivity contribution in [1.82, 2.24) is 0 Å². The van der Waals surface area contributed by atoms with Crippen molar-refractivity contribution in [3.63, 3.8) is 0 Å². The number of aromatic hydroxyl groups is 4. The Morgan fingerprint density at radius 2 is 0.833 bits per heavy atom. The van der Waals surface area contributed by atoms with Crippen LogP contribution in [0.3, 0.4) is 0 Å². The molecule has 6 aromatic carbocycles. The van der Waals surface area contributed by atoms with Crippen LogP contribution >= 0.6 is 0 Å². The van der Waals surface area contributed by atoms with Gasteiger partial charge in [0.15, 0.2) is 0 Å². The molecular weight excluding hydrogens is 592 g/mol. The second-order valence-corrected chi connectivity index (χ2v) is 13.1. The molecular formula is C44H40O4. The summed E-state index contributed by atoms with van der Waals surface area (Å²) in [5.74, 6) is 0.973. The topological polar surface area (TPSA) is 80.9 Å². The fraction of sp³-hybridized carbons (Fsp3) is 0.182. The molecule has 4 N–H and O–H groups in total. The highest BCUT2D eigenvalue weighted by molar-refractivity contribution is 5.76. The summed E-state index contributed by atoms with van der Waals surface area (Å²) in [7, 11) is 0. The molecule has 48 heavy (non-hydrogen) atoms. The number of phenols is 4. The zero-order valence-corrected chi connectivity index (χ0v) is 26.9. The van der Waals surface area contributed by atoms with Gasteiger partial charge in [0.2, 0.25) is 0 Å². The molecule has 0 spiro atoms. The molecule has 0 saturated heterocycles. The van der Waals surface area contributed by atoms with Crippen molar-refractivity contribution in [2.24, 2.45) is 0 Å². The molecule has 0 radical (unpaired) electrons. The molecule has 1 saturated carbocycles. The van der Waals surface area contributed by atoms with Gasteiger partial charge in [-0.1, -0.05) is 116 Å². The molecule has 0 unspecified atom stereocenters. The van der Waals surface area contributed by atoms with Gasteiger partial charge >= 0.3 is 0 Å². The van der Waals surface area contributed by atoms with Crippen LogP contribution in [0.4, 0.5) is 0 Å². The molecule has 0 bridgehead atoms. The van der Waals surface area contributed by atoms with Crippen molar-refractivity contribution in [1.29, 1.82) is 0 Å². The van der Waals surface area contributed by atoms with E-state index in [0.29, 0.717) is 12.8 Å². The van der Waals surface area contributed by atoms with E-state index in [4.69, 9.17) is 0 Å². The lowest BCUT2D eigenvalue weighted by atomic mass is 9.64. The van der Waals surface area contributed by atoms with Crippen LogP contribution in [0, 0.1) is 0 Å². The molecule has 0 aliphatic heterocycles. The lowest BCUT2D eigenvalue weighted by molar-refractivity contribution is 0.345. The van der Waals surface area contributed by atoms with E-state index in [9.17, 15) is 20.4 Å². The summed E-state index contributed by atoms with van der Waals surface area (Å²) in [4.78, 5) is 0. The van der Waals surface area contributed by atoms with Gasteiger partial charge < -0.3 is 20.4 Å². The minimum Gasteiger partial charge on any atom is -0.508 e. The Bertz CT molecular complexity index is 1870. The Labute approximate surface area is 282 Å². The lowest BCUT2D eigenvalue weighted by Gasteiger charge is -2.40. The molecule has 1 aliphatic carbocycles. The summed E-state index contributed by atoms with van der Waals surface area (Å²) in [6.07, 6.45) is 6.24. The smallest absolute Gasteiger partial charge is 0.126 e. The fourth-order valence-electron chi connectivity index (χ4n) is 7.45. The van der Waals surface area contributed by atoms with Crippen LogP contribution in [0.5, 0.6) is 23.0 Å². The molecule has 6 aromatic rings. The number of rotatable bonds is 8. The highest BCUT2D eigenvalue weighted by atomic mass is 16.3. The Morgan fingerprint density at radius 1 is 0.438 bits per heavy atom. The molecule has 4 nitrogen and oxygen atoms in total. The van der Waals surface area contributed by atoms with Gasteiger partial charge in [-0.05, 0) is 93.7 Å². The first-order chi connectivity index (χ1) is 23.4. The monoisotopic (exact) mass is 632 g/mol. The van der Waals surface area contributed by atoms with Gasteiger partial charge in [0, 0.05) is 29.4 Å². The minimum absolute atomic E-state index is 0.215. The van der Waals surface area contributed by atoms with Gasteiger partial charge in [0.1, 0.15) is 23.0 Å². The summed E-state index contributed by atoms with van der Waals surface area (Å²) in [6.45, 7) is 0. The van der Waals surface area contributed by atoms with Crippen LogP contribution in [-0.2, 0) is 18.3 Å². The zero-order chi connectivity index (χ0) is 33.1. The highest BCUT2D eigenvalue weighted by Gasteiger charge is 2.38. The largest absolute Gasteiger partial charge is 0.508 e. The molecule has 0 aromatic heterocycles. The predicted molar refractivity (Wildman–Crippen MR) is 193 cm³/mol. The van der Waals surface area contributed by atoms with Gasteiger partial charge in [-0.2, -0.15) is 0 Å². The van der Waals surface area contributed by atoms with E-state index in [0.717, 1.165) is 87.7 Å². The molecule has 240 valence electrons. The number of benzene rings is 6. The predicted octanol–water partition coefficient (Wildman–Crippen LogP) is 10.3. The van der Waals surface area contributed by atoms with E-state index >= 15 is 0 Å². The second-order valence-electron chi connectivity index (χ2n) is 13.1. The molecule has 4 heteroatoms. The van der Waals surface area contributed by atoms with Crippen LogP contribution in [0.25, 0.3) is 22.3 Å². The highest BCUT2D eigenvalue weighted by Crippen LogP contribution is 2.50. The molecule has 1 fully saturated rings. The Hall–Kier alpha value is -5.48. The number of phenolic OH excluding ortho intramolecular Hbond substituents is 4. The van der Waals surface area contributed by atoms with Gasteiger partial charge in [-0.15, -0.1) is 0 Å². The van der Waals surface area contributed by atoms with Crippen molar-refractivity contribution >= 4 is 0 Å². The van der Waals surface area contributed by atoms with E-state index in [2.05, 4.69) is 24.3 Å². The lowest BCUT2D eigenvalue weighted by Crippen LogP contribution is -2.31. The fourth-order valence-corrected chi connectivity index (χ4v) is 7.45. The molecule has 0 heterocycles. The third kappa shape index (κ3) is 6.26. The van der Waals surface area contributed by atoms with Crippen molar-refractivity contribution in [3.05, 3.63) is 167 Å². The van der Waals surface area contributed by atoms with E-state index in [1.165, 1.54) is 0 Å². The Morgan fingerprint density at radius 3 is 1.23 bits per heavy atom. The number of hydrogen-bond donors (Lipinski definition) is 4. The van der Waals surface area contributed by atoms with Crippen LogP contribution in [0.1, 0.15) is 65.5 Å². The maximum atomic E-state index is 11.8. The van der Waals surface area contributed by atoms with Crippen molar-refractivity contribution < 1.29 is 20.4 Å². The van der Waals surface area contributed by atoms with Gasteiger partial charge in [0.25, 0.3) is 0 Å². The Kier molecular flexibility index (Phi) is 8.65. The van der Waals surface area contributed by atoms with Crippen LogP contribution in [-0.4, -0.2) is 20.4 Å². The Balaban J connectivity index is 1.45. The average molecular weight is 633 g/mol. The van der Waals surface area contributed by atoms with E-state index < -0.39 is 0 Å². The average Bonchev–Trinajstić information content (AvgIpc) is 3.13. The van der Waals surface area contributed by atoms with E-state index in [1.54, 1.807) is 24.3 Å². The van der Waals surface area contributed by atoms with Crippen molar-refractivity contribution in [2.75, 3.05) is 0 Å². The van der Waals surface area contributed by atoms with Crippen LogP contribution in [0.2, 0.25) is 0 Å². The molecule has 1 aliphatic rings.